The van der Waals surface area contributed by atoms with E-state index >= 15 is 0 Å². The molecule has 56 valence electrons. The van der Waals surface area contributed by atoms with E-state index < -0.39 is 0 Å². The first-order chi connectivity index (χ1) is 4.13. The summed E-state index contributed by atoms with van der Waals surface area (Å²) >= 11 is 8.40. The molecule has 0 aliphatic heterocycles. The minimum atomic E-state index is 0. The second-order valence-corrected chi connectivity index (χ2v) is 3.38. The normalized spacial score (nSPS) is 8.80. The standard InChI is InChI=1S/C6H12OS2.Na.H/c1-5(2)3-4-7-6(8)9;;/h5H,3-4H2,1-2H3,(H,8,9);;. The maximum atomic E-state index is 4.95. The third-order valence-electron chi connectivity index (χ3n) is 0.921. The van der Waals surface area contributed by atoms with Gasteiger partial charge in [-0.15, -0.1) is 0 Å². The van der Waals surface area contributed by atoms with Gasteiger partial charge in [-0.25, -0.2) is 0 Å². The van der Waals surface area contributed by atoms with E-state index in [2.05, 4.69) is 38.7 Å². The van der Waals surface area contributed by atoms with Crippen molar-refractivity contribution in [3.63, 3.8) is 0 Å². The summed E-state index contributed by atoms with van der Waals surface area (Å²) in [7, 11) is 0. The van der Waals surface area contributed by atoms with Gasteiger partial charge in [0, 0.05) is 0 Å². The molecule has 0 radical (unpaired) electrons. The average molecular weight is 188 g/mol. The van der Waals surface area contributed by atoms with Gasteiger partial charge in [-0.2, -0.15) is 0 Å². The molecule has 0 amide bonds. The number of ether oxygens (including phenoxy) is 1. The zero-order chi connectivity index (χ0) is 7.28. The summed E-state index contributed by atoms with van der Waals surface area (Å²) in [6.07, 6.45) is 1.04. The number of thiol groups is 1. The molecule has 0 N–H and O–H groups in total. The van der Waals surface area contributed by atoms with Gasteiger partial charge in [0.05, 0.1) is 6.61 Å². The first-order valence-electron chi connectivity index (χ1n) is 2.98. The fourth-order valence-electron chi connectivity index (χ4n) is 0.382. The van der Waals surface area contributed by atoms with Crippen molar-refractivity contribution in [3.05, 3.63) is 0 Å². The summed E-state index contributed by atoms with van der Waals surface area (Å²) in [4.78, 5) is 0. The van der Waals surface area contributed by atoms with Crippen molar-refractivity contribution in [2.24, 2.45) is 5.92 Å². The van der Waals surface area contributed by atoms with Gasteiger partial charge in [0.25, 0.3) is 0 Å². The van der Waals surface area contributed by atoms with Crippen LogP contribution in [0.2, 0.25) is 0 Å². The molecule has 0 bridgehead atoms. The van der Waals surface area contributed by atoms with Crippen LogP contribution in [-0.2, 0) is 4.74 Å². The molecule has 10 heavy (non-hydrogen) atoms. The summed E-state index contributed by atoms with van der Waals surface area (Å²) < 4.78 is 5.29. The quantitative estimate of drug-likeness (QED) is 0.409. The average Bonchev–Trinajstić information content (AvgIpc) is 1.63. The van der Waals surface area contributed by atoms with Crippen LogP contribution in [0.4, 0.5) is 0 Å². The van der Waals surface area contributed by atoms with E-state index in [1.165, 1.54) is 0 Å². The van der Waals surface area contributed by atoms with Crippen LogP contribution in [0.5, 0.6) is 0 Å². The molecule has 0 aliphatic rings. The van der Waals surface area contributed by atoms with Crippen molar-refractivity contribution in [1.29, 1.82) is 0 Å². The van der Waals surface area contributed by atoms with Crippen LogP contribution in [0.25, 0.3) is 0 Å². The number of rotatable bonds is 3. The molecular weight excluding hydrogens is 175 g/mol. The second-order valence-electron chi connectivity index (χ2n) is 2.30. The Kier molecular flexibility index (Phi) is 11.5. The molecule has 0 heterocycles. The number of thiocarbonyl (C=S) groups is 1. The van der Waals surface area contributed by atoms with Gasteiger partial charge in [0.15, 0.2) is 0 Å². The summed E-state index contributed by atoms with van der Waals surface area (Å²) in [6, 6.07) is 0. The Morgan fingerprint density at radius 1 is 1.60 bits per heavy atom. The molecular formula is C6H13NaOS2. The van der Waals surface area contributed by atoms with Gasteiger partial charge < -0.3 is 4.74 Å². The zero-order valence-corrected chi connectivity index (χ0v) is 7.47. The second kappa shape index (κ2) is 8.34. The number of hydrogen-bond donors (Lipinski definition) is 1. The van der Waals surface area contributed by atoms with Crippen molar-refractivity contribution < 1.29 is 4.74 Å². The Morgan fingerprint density at radius 2 is 2.10 bits per heavy atom. The monoisotopic (exact) mass is 188 g/mol. The van der Waals surface area contributed by atoms with Crippen LogP contribution in [0.3, 0.4) is 0 Å². The predicted octanol–water partition coefficient (Wildman–Crippen LogP) is 1.62. The summed E-state index contributed by atoms with van der Waals surface area (Å²) in [5.41, 5.74) is 0. The van der Waals surface area contributed by atoms with Gasteiger partial charge in [0.2, 0.25) is 4.38 Å². The molecule has 0 saturated heterocycles. The third kappa shape index (κ3) is 12.0. The van der Waals surface area contributed by atoms with Gasteiger partial charge in [0.1, 0.15) is 0 Å². The van der Waals surface area contributed by atoms with E-state index in [-0.39, 0.29) is 29.6 Å². The van der Waals surface area contributed by atoms with Crippen LogP contribution >= 0.6 is 24.8 Å². The minimum absolute atomic E-state index is 0. The Morgan fingerprint density at radius 3 is 2.40 bits per heavy atom. The Hall–Kier alpha value is 1.24. The van der Waals surface area contributed by atoms with Gasteiger partial charge >= 0.3 is 29.6 Å². The van der Waals surface area contributed by atoms with Crippen LogP contribution in [0.1, 0.15) is 20.3 Å². The van der Waals surface area contributed by atoms with Gasteiger partial charge in [-0.3, -0.25) is 0 Å². The first kappa shape index (κ1) is 13.8. The molecule has 0 aromatic rings. The molecule has 4 heteroatoms. The molecule has 0 rings (SSSR count). The fourth-order valence-corrected chi connectivity index (χ4v) is 0.557. The topological polar surface area (TPSA) is 9.23 Å². The van der Waals surface area contributed by atoms with E-state index in [0.717, 1.165) is 6.42 Å². The Labute approximate surface area is 95.6 Å². The molecule has 0 spiro atoms. The fraction of sp³-hybridized carbons (Fsp3) is 0.833. The maximum absolute atomic E-state index is 4.95. The van der Waals surface area contributed by atoms with Gasteiger partial charge in [-0.05, 0) is 24.6 Å². The Bertz CT molecular complexity index is 95.7. The van der Waals surface area contributed by atoms with Crippen LogP contribution in [0.15, 0.2) is 0 Å². The predicted molar refractivity (Wildman–Crippen MR) is 54.1 cm³/mol. The first-order valence-corrected chi connectivity index (χ1v) is 3.84. The SMILES string of the molecule is CC(C)CCOC(=S)S.[NaH]. The van der Waals surface area contributed by atoms with Crippen molar-refractivity contribution >= 4 is 58.8 Å². The van der Waals surface area contributed by atoms with Crippen LogP contribution in [-0.4, -0.2) is 40.5 Å². The molecule has 0 aromatic heterocycles. The van der Waals surface area contributed by atoms with E-state index in [4.69, 9.17) is 4.74 Å². The van der Waals surface area contributed by atoms with Crippen molar-refractivity contribution in [2.75, 3.05) is 6.61 Å². The van der Waals surface area contributed by atoms with E-state index in [9.17, 15) is 0 Å². The molecule has 1 nitrogen and oxygen atoms in total. The van der Waals surface area contributed by atoms with Crippen LogP contribution in [0, 0.1) is 5.92 Å². The molecule has 0 atom stereocenters. The van der Waals surface area contributed by atoms with Crippen molar-refractivity contribution in [2.45, 2.75) is 20.3 Å². The summed E-state index contributed by atoms with van der Waals surface area (Å²) in [5.74, 6) is 0.674. The van der Waals surface area contributed by atoms with Crippen LogP contribution < -0.4 is 0 Å². The van der Waals surface area contributed by atoms with Gasteiger partial charge in [-0.1, -0.05) is 26.5 Å². The van der Waals surface area contributed by atoms with Crippen molar-refractivity contribution in [1.82, 2.24) is 0 Å². The third-order valence-corrected chi connectivity index (χ3v) is 1.17. The van der Waals surface area contributed by atoms with E-state index in [0.29, 0.717) is 16.9 Å². The Balaban J connectivity index is 0. The van der Waals surface area contributed by atoms with E-state index in [1.54, 1.807) is 0 Å². The molecule has 0 unspecified atom stereocenters. The van der Waals surface area contributed by atoms with Crippen molar-refractivity contribution in [3.8, 4) is 0 Å². The number of hydrogen-bond acceptors (Lipinski definition) is 2. The molecule has 0 saturated carbocycles. The molecule has 0 aliphatic carbocycles. The zero-order valence-electron chi connectivity index (χ0n) is 5.76. The van der Waals surface area contributed by atoms with E-state index in [1.807, 2.05) is 0 Å². The molecule has 0 aromatic carbocycles. The molecule has 0 fully saturated rings. The summed E-state index contributed by atoms with van der Waals surface area (Å²) in [5, 5.41) is 0. The summed E-state index contributed by atoms with van der Waals surface area (Å²) in [6.45, 7) is 4.98.